The first-order valence-corrected chi connectivity index (χ1v) is 15.0. The number of β-lactam (4-membered cyclic amide) rings is 1. The van der Waals surface area contributed by atoms with E-state index in [0.717, 1.165) is 14.9 Å². The summed E-state index contributed by atoms with van der Waals surface area (Å²) in [7, 11) is 0. The third-order valence-electron chi connectivity index (χ3n) is 5.07. The summed E-state index contributed by atoms with van der Waals surface area (Å²) in [6.45, 7) is 11.9. The highest BCUT2D eigenvalue weighted by molar-refractivity contribution is 8.14. The van der Waals surface area contributed by atoms with Gasteiger partial charge in [0.1, 0.15) is 17.1 Å². The Morgan fingerprint density at radius 3 is 2.57 bits per heavy atom. The molecule has 2 aliphatic rings. The van der Waals surface area contributed by atoms with Gasteiger partial charge in [0.15, 0.2) is 9.51 Å². The van der Waals surface area contributed by atoms with Crippen LogP contribution in [0.15, 0.2) is 20.6 Å². The second-order valence-corrected chi connectivity index (χ2v) is 13.2. The SMILES string of the molecule is Cc1nc(SCC2=C(C(=O)O)N3C(=O)C(NC(=O)CS/C(=N/C(C)C)NC(C)C)C3SC2)sc1C. The van der Waals surface area contributed by atoms with Gasteiger partial charge < -0.3 is 15.7 Å². The number of aromatic nitrogens is 1. The first-order chi connectivity index (χ1) is 16.5. The zero-order chi connectivity index (χ0) is 25.9. The van der Waals surface area contributed by atoms with E-state index in [1.54, 1.807) is 11.3 Å². The summed E-state index contributed by atoms with van der Waals surface area (Å²) in [4.78, 5) is 49.0. The maximum absolute atomic E-state index is 12.9. The summed E-state index contributed by atoms with van der Waals surface area (Å²) in [5.74, 6) is -0.753. The Balaban J connectivity index is 1.62. The number of carbonyl (C=O) groups is 3. The molecule has 3 rings (SSSR count). The van der Waals surface area contributed by atoms with Crippen LogP contribution in [0.2, 0.25) is 0 Å². The fourth-order valence-electron chi connectivity index (χ4n) is 3.39. The van der Waals surface area contributed by atoms with Gasteiger partial charge in [-0.25, -0.2) is 9.78 Å². The smallest absolute Gasteiger partial charge is 0.352 e. The zero-order valence-corrected chi connectivity index (χ0v) is 23.8. The van der Waals surface area contributed by atoms with Crippen molar-refractivity contribution in [2.75, 3.05) is 17.3 Å². The summed E-state index contributed by atoms with van der Waals surface area (Å²) in [5, 5.41) is 16.1. The number of hydrogen-bond donors (Lipinski definition) is 3. The third-order valence-corrected chi connectivity index (χ3v) is 9.62. The Morgan fingerprint density at radius 2 is 2.00 bits per heavy atom. The number of amidine groups is 1. The van der Waals surface area contributed by atoms with Gasteiger partial charge in [-0.05, 0) is 47.1 Å². The number of carboxylic acids is 1. The highest BCUT2D eigenvalue weighted by Crippen LogP contribution is 2.42. The fourth-order valence-corrected chi connectivity index (χ4v) is 7.99. The van der Waals surface area contributed by atoms with E-state index in [1.165, 1.54) is 40.2 Å². The number of aryl methyl sites for hydroxylation is 2. The van der Waals surface area contributed by atoms with E-state index in [9.17, 15) is 19.5 Å². The van der Waals surface area contributed by atoms with Gasteiger partial charge in [0.25, 0.3) is 5.91 Å². The van der Waals surface area contributed by atoms with E-state index < -0.39 is 23.3 Å². The molecule has 3 N–H and O–H groups in total. The lowest BCUT2D eigenvalue weighted by Crippen LogP contribution is -2.70. The van der Waals surface area contributed by atoms with Crippen LogP contribution in [0.25, 0.3) is 0 Å². The predicted molar refractivity (Wildman–Crippen MR) is 145 cm³/mol. The summed E-state index contributed by atoms with van der Waals surface area (Å²) in [6, 6.07) is -0.463. The number of aliphatic carboxylic acids is 1. The normalized spacial score (nSPS) is 20.3. The van der Waals surface area contributed by atoms with E-state index in [2.05, 4.69) is 20.6 Å². The number of fused-ring (bicyclic) bond motifs is 1. The van der Waals surface area contributed by atoms with Gasteiger partial charge in [0.05, 0.1) is 11.4 Å². The van der Waals surface area contributed by atoms with Crippen LogP contribution in [0.4, 0.5) is 0 Å². The molecule has 0 aromatic carbocycles. The van der Waals surface area contributed by atoms with Gasteiger partial charge in [-0.3, -0.25) is 19.5 Å². The first kappa shape index (κ1) is 27.9. The summed E-state index contributed by atoms with van der Waals surface area (Å²) >= 11 is 5.83. The van der Waals surface area contributed by atoms with E-state index >= 15 is 0 Å². The lowest BCUT2D eigenvalue weighted by atomic mass is 10.0. The first-order valence-electron chi connectivity index (χ1n) is 11.2. The number of carboxylic acid groups (broad SMARTS) is 1. The zero-order valence-electron chi connectivity index (χ0n) is 20.6. The van der Waals surface area contributed by atoms with Crippen LogP contribution >= 0.6 is 46.6 Å². The number of nitrogens with one attached hydrogen (secondary N) is 2. The molecule has 0 saturated carbocycles. The van der Waals surface area contributed by atoms with Crippen molar-refractivity contribution in [1.29, 1.82) is 0 Å². The van der Waals surface area contributed by atoms with Crippen LogP contribution in [0, 0.1) is 13.8 Å². The van der Waals surface area contributed by atoms with Crippen molar-refractivity contribution < 1.29 is 19.5 Å². The lowest BCUT2D eigenvalue weighted by molar-refractivity contribution is -0.150. The van der Waals surface area contributed by atoms with Gasteiger partial charge in [0.2, 0.25) is 5.91 Å². The summed E-state index contributed by atoms with van der Waals surface area (Å²) in [6.07, 6.45) is 0. The number of carbonyl (C=O) groups excluding carboxylic acids is 2. The molecule has 1 aromatic heterocycles. The van der Waals surface area contributed by atoms with Crippen LogP contribution in [-0.4, -0.2) is 78.7 Å². The molecule has 2 unspecified atom stereocenters. The minimum Gasteiger partial charge on any atom is -0.477 e. The monoisotopic (exact) mass is 557 g/mol. The van der Waals surface area contributed by atoms with E-state index in [0.29, 0.717) is 22.2 Å². The van der Waals surface area contributed by atoms with Gasteiger partial charge in [-0.2, -0.15) is 0 Å². The van der Waals surface area contributed by atoms with Crippen LogP contribution in [0.1, 0.15) is 38.3 Å². The molecule has 0 bridgehead atoms. The number of thioether (sulfide) groups is 3. The van der Waals surface area contributed by atoms with Crippen molar-refractivity contribution in [1.82, 2.24) is 20.5 Å². The largest absolute Gasteiger partial charge is 0.477 e. The van der Waals surface area contributed by atoms with Crippen molar-refractivity contribution >= 4 is 69.6 Å². The topological polar surface area (TPSA) is 124 Å². The Kier molecular flexibility index (Phi) is 9.58. The second kappa shape index (κ2) is 12.0. The fraction of sp³-hybridized carbons (Fsp3) is 0.591. The Bertz CT molecular complexity index is 1030. The summed E-state index contributed by atoms with van der Waals surface area (Å²) in [5.41, 5.74) is 1.70. The molecular weight excluding hydrogens is 527 g/mol. The van der Waals surface area contributed by atoms with E-state index in [-0.39, 0.29) is 29.4 Å². The minimum atomic E-state index is -1.12. The van der Waals surface area contributed by atoms with Gasteiger partial charge in [-0.1, -0.05) is 23.5 Å². The number of amides is 2. The van der Waals surface area contributed by atoms with Crippen molar-refractivity contribution in [3.63, 3.8) is 0 Å². The second-order valence-electron chi connectivity index (χ2n) is 8.74. The van der Waals surface area contributed by atoms with Crippen LogP contribution in [0.3, 0.4) is 0 Å². The number of hydrogen-bond acceptors (Lipinski definition) is 9. The number of nitrogens with zero attached hydrogens (tertiary/aromatic N) is 3. The molecule has 0 spiro atoms. The van der Waals surface area contributed by atoms with Crippen molar-refractivity contribution in [2.24, 2.45) is 4.99 Å². The maximum Gasteiger partial charge on any atom is 0.352 e. The number of rotatable bonds is 9. The molecule has 1 saturated heterocycles. The molecule has 9 nitrogen and oxygen atoms in total. The Labute approximate surface area is 222 Å². The van der Waals surface area contributed by atoms with Crippen molar-refractivity contribution in [3.8, 4) is 0 Å². The molecule has 35 heavy (non-hydrogen) atoms. The quantitative estimate of drug-likeness (QED) is 0.182. The van der Waals surface area contributed by atoms with Gasteiger partial charge >= 0.3 is 5.97 Å². The molecular formula is C22H31N5O4S4. The number of thiazole rings is 1. The molecule has 0 aliphatic carbocycles. The van der Waals surface area contributed by atoms with Gasteiger partial charge in [-0.15, -0.1) is 23.1 Å². The molecule has 1 fully saturated rings. The van der Waals surface area contributed by atoms with Gasteiger partial charge in [0, 0.05) is 28.5 Å². The lowest BCUT2D eigenvalue weighted by Gasteiger charge is -2.49. The standard InChI is InChI=1S/C22H31N5O4S4/c1-10(2)23-21(24-11(3)4)33-9-15(28)26-16-18(29)27-17(20(30)31)14(7-32-19(16)27)8-34-22-25-12(5)13(6)35-22/h10-11,16,19H,7-9H2,1-6H3,(H,23,24)(H,26,28)(H,30,31). The molecule has 192 valence electrons. The van der Waals surface area contributed by atoms with E-state index in [4.69, 9.17) is 0 Å². The predicted octanol–water partition coefficient (Wildman–Crippen LogP) is 3.09. The van der Waals surface area contributed by atoms with E-state index in [1.807, 2.05) is 41.5 Å². The molecule has 3 heterocycles. The third kappa shape index (κ3) is 6.95. The Morgan fingerprint density at radius 1 is 1.29 bits per heavy atom. The van der Waals surface area contributed by atoms with Crippen LogP contribution in [-0.2, 0) is 14.4 Å². The molecule has 1 aromatic rings. The molecule has 13 heteroatoms. The minimum absolute atomic E-state index is 0.0311. The average molecular weight is 558 g/mol. The molecule has 0 radical (unpaired) electrons. The Hall–Kier alpha value is -1.70. The maximum atomic E-state index is 12.9. The average Bonchev–Trinajstić information content (AvgIpc) is 3.09. The van der Waals surface area contributed by atoms with Crippen LogP contribution < -0.4 is 10.6 Å². The molecule has 2 amide bonds. The highest BCUT2D eigenvalue weighted by atomic mass is 32.2. The van der Waals surface area contributed by atoms with Crippen molar-refractivity contribution in [2.45, 2.75) is 69.4 Å². The number of aliphatic imine (C=N–C) groups is 1. The summed E-state index contributed by atoms with van der Waals surface area (Å²) < 4.78 is 0.884. The molecule has 2 aliphatic heterocycles. The molecule has 2 atom stereocenters. The van der Waals surface area contributed by atoms with Crippen LogP contribution in [0.5, 0.6) is 0 Å². The highest BCUT2D eigenvalue weighted by Gasteiger charge is 2.54. The van der Waals surface area contributed by atoms with Crippen molar-refractivity contribution in [3.05, 3.63) is 21.8 Å².